The Hall–Kier alpha value is -2.01. The molecule has 5 heteroatoms. The van der Waals surface area contributed by atoms with Gasteiger partial charge in [-0.15, -0.1) is 0 Å². The van der Waals surface area contributed by atoms with Crippen LogP contribution in [0.2, 0.25) is 0 Å². The summed E-state index contributed by atoms with van der Waals surface area (Å²) in [5, 5.41) is 3.62. The van der Waals surface area contributed by atoms with Crippen LogP contribution >= 0.6 is 0 Å². The maximum Gasteiger partial charge on any atom is 0.174 e. The highest BCUT2D eigenvalue weighted by Crippen LogP contribution is 2.29. The third-order valence-electron chi connectivity index (χ3n) is 2.57. The van der Waals surface area contributed by atoms with E-state index in [1.807, 2.05) is 25.1 Å². The number of aromatic nitrogens is 1. The zero-order valence-electron chi connectivity index (χ0n) is 10.4. The molecule has 0 amide bonds. The molecule has 1 aromatic heterocycles. The number of benzene rings is 1. The van der Waals surface area contributed by atoms with E-state index in [0.717, 1.165) is 11.3 Å². The first-order valence-corrected chi connectivity index (χ1v) is 5.66. The van der Waals surface area contributed by atoms with Crippen LogP contribution in [-0.4, -0.2) is 12.3 Å². The minimum atomic E-state index is -0.111. The van der Waals surface area contributed by atoms with Crippen molar-refractivity contribution in [2.24, 2.45) is 5.73 Å². The Labute approximate surface area is 105 Å². The molecule has 0 spiro atoms. The average molecular weight is 248 g/mol. The molecule has 5 nitrogen and oxygen atoms in total. The molecule has 2 N–H and O–H groups in total. The maximum absolute atomic E-state index is 5.90. The van der Waals surface area contributed by atoms with Gasteiger partial charge in [0.05, 0.1) is 13.3 Å². The molecule has 18 heavy (non-hydrogen) atoms. The Bertz CT molecular complexity index is 495. The molecule has 0 aliphatic heterocycles. The molecule has 0 saturated heterocycles. The molecule has 2 aromatic rings. The molecule has 0 aliphatic rings. The fourth-order valence-corrected chi connectivity index (χ4v) is 1.61. The molecule has 0 fully saturated rings. The van der Waals surface area contributed by atoms with Crippen LogP contribution in [0.15, 0.2) is 35.0 Å². The van der Waals surface area contributed by atoms with Crippen molar-refractivity contribution in [3.05, 3.63) is 41.8 Å². The lowest BCUT2D eigenvalue weighted by Gasteiger charge is -2.14. The first kappa shape index (κ1) is 12.4. The largest absolute Gasteiger partial charge is 0.497 e. The second-order valence-electron chi connectivity index (χ2n) is 3.96. The van der Waals surface area contributed by atoms with E-state index in [9.17, 15) is 0 Å². The molecule has 0 bridgehead atoms. The van der Waals surface area contributed by atoms with Crippen LogP contribution in [0.5, 0.6) is 11.5 Å². The van der Waals surface area contributed by atoms with Crippen LogP contribution in [0.1, 0.15) is 24.3 Å². The first-order chi connectivity index (χ1) is 8.70. The predicted molar refractivity (Wildman–Crippen MR) is 66.4 cm³/mol. The van der Waals surface area contributed by atoms with Gasteiger partial charge in [0, 0.05) is 23.7 Å². The highest BCUT2D eigenvalue weighted by molar-refractivity contribution is 5.42. The van der Waals surface area contributed by atoms with Gasteiger partial charge in [-0.3, -0.25) is 0 Å². The fraction of sp³-hybridized carbons (Fsp3) is 0.308. The summed E-state index contributed by atoms with van der Waals surface area (Å²) in [4.78, 5) is 0. The Kier molecular flexibility index (Phi) is 3.84. The summed E-state index contributed by atoms with van der Waals surface area (Å²) in [7, 11) is 1.61. The van der Waals surface area contributed by atoms with Gasteiger partial charge >= 0.3 is 0 Å². The SMILES string of the molecule is COc1ccc([C@H](C)N)c(OCc2ccno2)c1. The summed E-state index contributed by atoms with van der Waals surface area (Å²) in [5.74, 6) is 2.08. The second-order valence-corrected chi connectivity index (χ2v) is 3.96. The highest BCUT2D eigenvalue weighted by atomic mass is 16.5. The van der Waals surface area contributed by atoms with Crippen molar-refractivity contribution in [3.63, 3.8) is 0 Å². The summed E-state index contributed by atoms with van der Waals surface area (Å²) in [6.45, 7) is 2.22. The van der Waals surface area contributed by atoms with Gasteiger partial charge in [0.2, 0.25) is 0 Å². The normalized spacial score (nSPS) is 12.2. The van der Waals surface area contributed by atoms with Gasteiger partial charge in [-0.05, 0) is 13.0 Å². The number of nitrogens with two attached hydrogens (primary N) is 1. The average Bonchev–Trinajstić information content (AvgIpc) is 2.88. The zero-order valence-corrected chi connectivity index (χ0v) is 10.4. The molecule has 0 aliphatic carbocycles. The molecule has 0 unspecified atom stereocenters. The van der Waals surface area contributed by atoms with E-state index in [2.05, 4.69) is 5.16 Å². The van der Waals surface area contributed by atoms with Gasteiger partial charge in [0.1, 0.15) is 18.1 Å². The molecule has 0 saturated carbocycles. The summed E-state index contributed by atoms with van der Waals surface area (Å²) in [5.41, 5.74) is 6.82. The van der Waals surface area contributed by atoms with E-state index in [1.54, 1.807) is 19.4 Å². The van der Waals surface area contributed by atoms with Crippen molar-refractivity contribution in [3.8, 4) is 11.5 Å². The molecule has 96 valence electrons. The van der Waals surface area contributed by atoms with Crippen LogP contribution in [-0.2, 0) is 6.61 Å². The lowest BCUT2D eigenvalue weighted by Crippen LogP contribution is -2.08. The van der Waals surface area contributed by atoms with Crippen LogP contribution in [0.4, 0.5) is 0 Å². The van der Waals surface area contributed by atoms with E-state index < -0.39 is 0 Å². The predicted octanol–water partition coefficient (Wildman–Crippen LogP) is 2.28. The fourth-order valence-electron chi connectivity index (χ4n) is 1.61. The first-order valence-electron chi connectivity index (χ1n) is 5.66. The second kappa shape index (κ2) is 5.55. The summed E-state index contributed by atoms with van der Waals surface area (Å²) in [6, 6.07) is 7.22. The number of nitrogens with zero attached hydrogens (tertiary/aromatic N) is 1. The Morgan fingerprint density at radius 2 is 2.22 bits per heavy atom. The third-order valence-corrected chi connectivity index (χ3v) is 2.57. The standard InChI is InChI=1S/C13H16N2O3/c1-9(14)12-4-3-10(16-2)7-13(12)17-8-11-5-6-15-18-11/h3-7,9H,8,14H2,1-2H3/t9-/m0/s1. The van der Waals surface area contributed by atoms with Gasteiger partial charge < -0.3 is 19.7 Å². The maximum atomic E-state index is 5.90. The van der Waals surface area contributed by atoms with E-state index in [-0.39, 0.29) is 6.04 Å². The summed E-state index contributed by atoms with van der Waals surface area (Å²) < 4.78 is 15.8. The van der Waals surface area contributed by atoms with Gasteiger partial charge in [0.15, 0.2) is 5.76 Å². The van der Waals surface area contributed by atoms with Gasteiger partial charge in [0.25, 0.3) is 0 Å². The minimum Gasteiger partial charge on any atom is -0.497 e. The van der Waals surface area contributed by atoms with Crippen molar-refractivity contribution in [2.45, 2.75) is 19.6 Å². The van der Waals surface area contributed by atoms with E-state index in [0.29, 0.717) is 18.1 Å². The summed E-state index contributed by atoms with van der Waals surface area (Å²) in [6.07, 6.45) is 1.58. The van der Waals surface area contributed by atoms with E-state index in [1.165, 1.54) is 0 Å². The molecule has 1 aromatic carbocycles. The number of ether oxygens (including phenoxy) is 2. The monoisotopic (exact) mass is 248 g/mol. The van der Waals surface area contributed by atoms with Crippen LogP contribution < -0.4 is 15.2 Å². The van der Waals surface area contributed by atoms with Crippen molar-refractivity contribution in [1.82, 2.24) is 5.16 Å². The molecule has 2 rings (SSSR count). The molecule has 0 radical (unpaired) electrons. The van der Waals surface area contributed by atoms with Gasteiger partial charge in [-0.25, -0.2) is 0 Å². The number of hydrogen-bond donors (Lipinski definition) is 1. The third kappa shape index (κ3) is 2.81. The lowest BCUT2D eigenvalue weighted by atomic mass is 10.1. The number of methoxy groups -OCH3 is 1. The van der Waals surface area contributed by atoms with E-state index in [4.69, 9.17) is 19.7 Å². The van der Waals surface area contributed by atoms with Crippen molar-refractivity contribution >= 4 is 0 Å². The number of hydrogen-bond acceptors (Lipinski definition) is 5. The van der Waals surface area contributed by atoms with Crippen LogP contribution in [0, 0.1) is 0 Å². The van der Waals surface area contributed by atoms with Crippen molar-refractivity contribution < 1.29 is 14.0 Å². The molecular weight excluding hydrogens is 232 g/mol. The van der Waals surface area contributed by atoms with Gasteiger partial charge in [-0.2, -0.15) is 0 Å². The topological polar surface area (TPSA) is 70.5 Å². The van der Waals surface area contributed by atoms with Crippen LogP contribution in [0.3, 0.4) is 0 Å². The highest BCUT2D eigenvalue weighted by Gasteiger charge is 2.10. The molecule has 1 atom stereocenters. The van der Waals surface area contributed by atoms with Crippen molar-refractivity contribution in [2.75, 3.05) is 7.11 Å². The lowest BCUT2D eigenvalue weighted by molar-refractivity contribution is 0.245. The summed E-state index contributed by atoms with van der Waals surface area (Å²) >= 11 is 0. The minimum absolute atomic E-state index is 0.111. The smallest absolute Gasteiger partial charge is 0.174 e. The Morgan fingerprint density at radius 1 is 1.39 bits per heavy atom. The molecular formula is C13H16N2O3. The van der Waals surface area contributed by atoms with Gasteiger partial charge in [-0.1, -0.05) is 11.2 Å². The van der Waals surface area contributed by atoms with Crippen LogP contribution in [0.25, 0.3) is 0 Å². The Balaban J connectivity index is 2.18. The Morgan fingerprint density at radius 3 is 2.83 bits per heavy atom. The zero-order chi connectivity index (χ0) is 13.0. The van der Waals surface area contributed by atoms with E-state index >= 15 is 0 Å². The number of rotatable bonds is 5. The van der Waals surface area contributed by atoms with Crippen molar-refractivity contribution in [1.29, 1.82) is 0 Å². The molecule has 1 heterocycles. The quantitative estimate of drug-likeness (QED) is 0.879.